The van der Waals surface area contributed by atoms with Crippen LogP contribution < -0.4 is 10.2 Å². The summed E-state index contributed by atoms with van der Waals surface area (Å²) in [6.45, 7) is 5.50. The van der Waals surface area contributed by atoms with Crippen molar-refractivity contribution in [2.75, 3.05) is 49.6 Å². The number of sulfonamides is 1. The molecule has 10 nitrogen and oxygen atoms in total. The molecule has 1 amide bonds. The fraction of sp³-hybridized carbons (Fsp3) is 0.381. The second-order valence-electron chi connectivity index (χ2n) is 7.25. The first-order valence-electron chi connectivity index (χ1n) is 10.4. The number of carbonyl (C=O) groups excluding carboxylic acids is 1. The van der Waals surface area contributed by atoms with Crippen LogP contribution in [0.25, 0.3) is 0 Å². The highest BCUT2D eigenvalue weighted by molar-refractivity contribution is 7.89. The highest BCUT2D eigenvalue weighted by Crippen LogP contribution is 2.28. The number of anilines is 2. The van der Waals surface area contributed by atoms with Crippen molar-refractivity contribution in [3.8, 4) is 0 Å². The van der Waals surface area contributed by atoms with Gasteiger partial charge in [0.15, 0.2) is 0 Å². The van der Waals surface area contributed by atoms with Gasteiger partial charge in [-0.15, -0.1) is 0 Å². The second kappa shape index (κ2) is 10.2. The Morgan fingerprint density at radius 2 is 1.85 bits per heavy atom. The zero-order valence-electron chi connectivity index (χ0n) is 18.3. The van der Waals surface area contributed by atoms with Crippen LogP contribution in [-0.4, -0.2) is 62.9 Å². The van der Waals surface area contributed by atoms with Crippen LogP contribution in [0, 0.1) is 15.9 Å². The summed E-state index contributed by atoms with van der Waals surface area (Å²) < 4.78 is 46.5. The molecule has 1 N–H and O–H groups in total. The Morgan fingerprint density at radius 1 is 1.18 bits per heavy atom. The van der Waals surface area contributed by atoms with E-state index in [0.29, 0.717) is 18.8 Å². The molecule has 0 atom stereocenters. The molecule has 3 rings (SSSR count). The SMILES string of the molecule is CCN(CC)c1ccc([N+](=O)[O-])cc1C(=O)Nc1ccc(F)c(S(=O)(=O)N2CCOCC2)c1. The summed E-state index contributed by atoms with van der Waals surface area (Å²) >= 11 is 0. The monoisotopic (exact) mass is 480 g/mol. The number of nitrogens with one attached hydrogen (secondary N) is 1. The van der Waals surface area contributed by atoms with Crippen LogP contribution in [0.15, 0.2) is 41.3 Å². The van der Waals surface area contributed by atoms with E-state index in [1.165, 1.54) is 18.2 Å². The molecule has 1 heterocycles. The number of hydrogen-bond donors (Lipinski definition) is 1. The van der Waals surface area contributed by atoms with Crippen LogP contribution in [0.1, 0.15) is 24.2 Å². The smallest absolute Gasteiger partial charge is 0.270 e. The van der Waals surface area contributed by atoms with Gasteiger partial charge in [-0.05, 0) is 38.1 Å². The number of amides is 1. The van der Waals surface area contributed by atoms with Crippen LogP contribution in [0.4, 0.5) is 21.5 Å². The van der Waals surface area contributed by atoms with Gasteiger partial charge in [-0.2, -0.15) is 4.31 Å². The van der Waals surface area contributed by atoms with Crippen LogP contribution in [0.3, 0.4) is 0 Å². The number of non-ortho nitro benzene ring substituents is 1. The Hall–Kier alpha value is -3.09. The average Bonchev–Trinajstić information content (AvgIpc) is 2.81. The van der Waals surface area contributed by atoms with Gasteiger partial charge in [0, 0.05) is 44.0 Å². The van der Waals surface area contributed by atoms with Gasteiger partial charge >= 0.3 is 0 Å². The van der Waals surface area contributed by atoms with Crippen molar-refractivity contribution in [2.45, 2.75) is 18.7 Å². The first-order chi connectivity index (χ1) is 15.7. The van der Waals surface area contributed by atoms with E-state index >= 15 is 0 Å². The summed E-state index contributed by atoms with van der Waals surface area (Å²) in [5, 5.41) is 13.8. The van der Waals surface area contributed by atoms with Crippen molar-refractivity contribution >= 4 is 33.0 Å². The molecule has 0 unspecified atom stereocenters. The predicted molar refractivity (Wildman–Crippen MR) is 121 cm³/mol. The molecule has 0 spiro atoms. The van der Waals surface area contributed by atoms with Gasteiger partial charge < -0.3 is 15.0 Å². The van der Waals surface area contributed by atoms with E-state index in [1.54, 1.807) is 0 Å². The van der Waals surface area contributed by atoms with Gasteiger partial charge in [0.1, 0.15) is 10.7 Å². The fourth-order valence-electron chi connectivity index (χ4n) is 3.56. The van der Waals surface area contributed by atoms with Crippen molar-refractivity contribution in [3.05, 3.63) is 57.9 Å². The van der Waals surface area contributed by atoms with Crippen molar-refractivity contribution < 1.29 is 27.3 Å². The maximum absolute atomic E-state index is 14.5. The minimum absolute atomic E-state index is 0.0465. The van der Waals surface area contributed by atoms with Gasteiger partial charge in [-0.3, -0.25) is 14.9 Å². The molecule has 0 aliphatic carbocycles. The molecule has 12 heteroatoms. The zero-order valence-corrected chi connectivity index (χ0v) is 19.1. The Kier molecular flexibility index (Phi) is 7.61. The Bertz CT molecular complexity index is 1150. The largest absolute Gasteiger partial charge is 0.379 e. The number of hydrogen-bond acceptors (Lipinski definition) is 7. The number of nitrogens with zero attached hydrogens (tertiary/aromatic N) is 3. The Balaban J connectivity index is 1.96. The number of rotatable bonds is 8. The normalized spacial score (nSPS) is 14.6. The lowest BCUT2D eigenvalue weighted by molar-refractivity contribution is -0.384. The highest BCUT2D eigenvalue weighted by Gasteiger charge is 2.29. The third-order valence-corrected chi connectivity index (χ3v) is 7.23. The Labute approximate surface area is 191 Å². The number of ether oxygens (including phenoxy) is 1. The maximum Gasteiger partial charge on any atom is 0.270 e. The van der Waals surface area contributed by atoms with Crippen LogP contribution >= 0.6 is 0 Å². The lowest BCUT2D eigenvalue weighted by Gasteiger charge is -2.26. The molecule has 1 aliphatic rings. The van der Waals surface area contributed by atoms with Crippen LogP contribution in [0.2, 0.25) is 0 Å². The van der Waals surface area contributed by atoms with Gasteiger partial charge in [-0.25, -0.2) is 12.8 Å². The summed E-state index contributed by atoms with van der Waals surface area (Å²) in [5.74, 6) is -1.62. The summed E-state index contributed by atoms with van der Waals surface area (Å²) in [6.07, 6.45) is 0. The zero-order chi connectivity index (χ0) is 24.2. The van der Waals surface area contributed by atoms with E-state index < -0.39 is 31.6 Å². The minimum atomic E-state index is -4.13. The van der Waals surface area contributed by atoms with Gasteiger partial charge in [0.05, 0.1) is 29.4 Å². The molecular weight excluding hydrogens is 455 g/mol. The molecule has 2 aromatic carbocycles. The molecule has 0 aromatic heterocycles. The van der Waals surface area contributed by atoms with E-state index in [1.807, 2.05) is 18.7 Å². The third-order valence-electron chi connectivity index (χ3n) is 5.32. The van der Waals surface area contributed by atoms with Crippen LogP contribution in [-0.2, 0) is 14.8 Å². The molecule has 2 aromatic rings. The summed E-state index contributed by atoms with van der Waals surface area (Å²) in [4.78, 5) is 25.0. The van der Waals surface area contributed by atoms with Crippen LogP contribution in [0.5, 0.6) is 0 Å². The van der Waals surface area contributed by atoms with Crippen molar-refractivity contribution in [1.82, 2.24) is 4.31 Å². The average molecular weight is 481 g/mol. The molecule has 178 valence electrons. The molecule has 0 bridgehead atoms. The summed E-state index contributed by atoms with van der Waals surface area (Å²) in [5.41, 5.74) is 0.331. The molecule has 0 radical (unpaired) electrons. The number of carbonyl (C=O) groups is 1. The lowest BCUT2D eigenvalue weighted by Crippen LogP contribution is -2.40. The summed E-state index contributed by atoms with van der Waals surface area (Å²) in [7, 11) is -4.13. The summed E-state index contributed by atoms with van der Waals surface area (Å²) in [6, 6.07) is 7.22. The Morgan fingerprint density at radius 3 is 2.45 bits per heavy atom. The minimum Gasteiger partial charge on any atom is -0.379 e. The van der Waals surface area contributed by atoms with E-state index in [4.69, 9.17) is 4.74 Å². The molecular formula is C21H25FN4O6S. The number of morpholine rings is 1. The fourth-order valence-corrected chi connectivity index (χ4v) is 5.06. The third kappa shape index (κ3) is 5.29. The van der Waals surface area contributed by atoms with Crippen molar-refractivity contribution in [3.63, 3.8) is 0 Å². The molecule has 1 fully saturated rings. The van der Waals surface area contributed by atoms with E-state index in [9.17, 15) is 27.7 Å². The number of nitro groups is 1. The maximum atomic E-state index is 14.5. The lowest BCUT2D eigenvalue weighted by atomic mass is 10.1. The number of benzene rings is 2. The highest BCUT2D eigenvalue weighted by atomic mass is 32.2. The van der Waals surface area contributed by atoms with E-state index in [-0.39, 0.29) is 43.2 Å². The first-order valence-corrected chi connectivity index (χ1v) is 11.8. The quantitative estimate of drug-likeness (QED) is 0.455. The topological polar surface area (TPSA) is 122 Å². The molecule has 1 aliphatic heterocycles. The first kappa shape index (κ1) is 24.6. The predicted octanol–water partition coefficient (Wildman–Crippen LogP) is 2.85. The van der Waals surface area contributed by atoms with E-state index in [0.717, 1.165) is 22.5 Å². The number of nitro benzene ring substituents is 1. The standard InChI is InChI=1S/C21H25FN4O6S/c1-3-24(4-2)19-8-6-16(26(28)29)14-17(19)21(27)23-15-5-7-18(22)20(13-15)33(30,31)25-9-11-32-12-10-25/h5-8,13-14H,3-4,9-12H2,1-2H3,(H,23,27). The molecule has 1 saturated heterocycles. The van der Waals surface area contributed by atoms with Crippen molar-refractivity contribution in [1.29, 1.82) is 0 Å². The molecule has 0 saturated carbocycles. The second-order valence-corrected chi connectivity index (χ2v) is 9.15. The van der Waals surface area contributed by atoms with Gasteiger partial charge in [0.2, 0.25) is 10.0 Å². The van der Waals surface area contributed by atoms with Gasteiger partial charge in [0.25, 0.3) is 11.6 Å². The van der Waals surface area contributed by atoms with Crippen molar-refractivity contribution in [2.24, 2.45) is 0 Å². The number of halogens is 1. The molecule has 33 heavy (non-hydrogen) atoms. The van der Waals surface area contributed by atoms with Gasteiger partial charge in [-0.1, -0.05) is 0 Å². The van der Waals surface area contributed by atoms with E-state index in [2.05, 4.69) is 5.32 Å².